The van der Waals surface area contributed by atoms with Crippen LogP contribution in [0.1, 0.15) is 65.4 Å². The Morgan fingerprint density at radius 3 is 2.26 bits per heavy atom. The van der Waals surface area contributed by atoms with E-state index in [0.29, 0.717) is 31.4 Å². The fourth-order valence-corrected chi connectivity index (χ4v) is 4.98. The lowest BCUT2D eigenvalue weighted by atomic mass is 9.76. The molecular weight excluding hydrogens is 446 g/mol. The third kappa shape index (κ3) is 6.83. The maximum atomic E-state index is 11.6. The summed E-state index contributed by atoms with van der Waals surface area (Å²) in [5.74, 6) is -1.24. The number of nitrogens with zero attached hydrogens (tertiary/aromatic N) is 1. The van der Waals surface area contributed by atoms with Gasteiger partial charge in [0.2, 0.25) is 5.69 Å². The molecule has 9 nitrogen and oxygen atoms in total. The van der Waals surface area contributed by atoms with Crippen LogP contribution >= 0.6 is 0 Å². The van der Waals surface area contributed by atoms with Crippen molar-refractivity contribution in [1.29, 1.82) is 0 Å². The van der Waals surface area contributed by atoms with Crippen molar-refractivity contribution in [3.63, 3.8) is 0 Å². The first-order valence-corrected chi connectivity index (χ1v) is 12.7. The molecule has 1 heterocycles. The van der Waals surface area contributed by atoms with E-state index in [4.69, 9.17) is 9.66 Å². The summed E-state index contributed by atoms with van der Waals surface area (Å²) in [6.07, 6.45) is 2.64. The van der Waals surface area contributed by atoms with E-state index in [1.165, 1.54) is 12.1 Å². The molecule has 1 aliphatic rings. The lowest BCUT2D eigenvalue weighted by molar-refractivity contribution is -0.439. The molecule has 1 aliphatic heterocycles. The molecule has 2 rings (SSSR count). The minimum absolute atomic E-state index is 0. The van der Waals surface area contributed by atoms with Crippen molar-refractivity contribution in [3.8, 4) is 0 Å². The highest BCUT2D eigenvalue weighted by Crippen LogP contribution is 2.43. The number of hydrogen-bond acceptors (Lipinski definition) is 5. The Hall–Kier alpha value is -1.82. The number of carboxylic acids is 1. The van der Waals surface area contributed by atoms with Crippen molar-refractivity contribution in [2.45, 2.75) is 70.1 Å². The van der Waals surface area contributed by atoms with E-state index >= 15 is 0 Å². The molecule has 1 aromatic rings. The van der Waals surface area contributed by atoms with Gasteiger partial charge >= 0.3 is 5.97 Å². The molecule has 0 saturated heterocycles. The largest absolute Gasteiger partial charge is 0.481 e. The van der Waals surface area contributed by atoms with Crippen LogP contribution in [-0.2, 0) is 30.4 Å². The Bertz CT molecular complexity index is 1060. The molecule has 1 aromatic carbocycles. The van der Waals surface area contributed by atoms with Gasteiger partial charge in [-0.25, -0.2) is 0 Å². The summed E-state index contributed by atoms with van der Waals surface area (Å²) in [6, 6.07) is 4.35. The van der Waals surface area contributed by atoms with Gasteiger partial charge in [-0.2, -0.15) is 21.4 Å². The number of rotatable bonds is 11. The first kappa shape index (κ1) is 27.2. The molecule has 0 amide bonds. The van der Waals surface area contributed by atoms with Gasteiger partial charge in [-0.3, -0.25) is 13.9 Å². The minimum Gasteiger partial charge on any atom is -0.481 e. The zero-order chi connectivity index (χ0) is 22.7. The molecule has 0 aromatic heterocycles. The summed E-state index contributed by atoms with van der Waals surface area (Å²) in [4.78, 5) is 10.4. The van der Waals surface area contributed by atoms with Crippen LogP contribution in [0.4, 0.5) is 5.69 Å². The SMILES string of the molecule is C.CC1=[N+](CCCCCC(=O)O)c2ccc(S(=O)(=O)O)cc2C1(C)CCCS(=O)(=O)O. The van der Waals surface area contributed by atoms with Gasteiger partial charge in [-0.15, -0.1) is 0 Å². The molecule has 3 N–H and O–H groups in total. The Balaban J connectivity index is 0.00000480. The molecule has 0 aliphatic carbocycles. The molecule has 1 unspecified atom stereocenters. The highest BCUT2D eigenvalue weighted by atomic mass is 32.2. The predicted octanol–water partition coefficient (Wildman–Crippen LogP) is 3.26. The third-order valence-electron chi connectivity index (χ3n) is 5.71. The Morgan fingerprint density at radius 1 is 1.06 bits per heavy atom. The van der Waals surface area contributed by atoms with Gasteiger partial charge < -0.3 is 5.11 Å². The maximum Gasteiger partial charge on any atom is 0.303 e. The number of fused-ring (bicyclic) bond motifs is 1. The number of unbranched alkanes of at least 4 members (excludes halogenated alkanes) is 2. The Labute approximate surface area is 184 Å². The fourth-order valence-electron chi connectivity index (χ4n) is 3.96. The molecular formula is C20H32NO8S2+. The van der Waals surface area contributed by atoms with Crippen LogP contribution in [0.2, 0.25) is 0 Å². The van der Waals surface area contributed by atoms with Crippen LogP contribution in [0.15, 0.2) is 23.1 Å². The molecule has 0 radical (unpaired) electrons. The Morgan fingerprint density at radius 2 is 1.71 bits per heavy atom. The summed E-state index contributed by atoms with van der Waals surface area (Å²) in [5, 5.41) is 8.75. The van der Waals surface area contributed by atoms with Crippen molar-refractivity contribution in [2.75, 3.05) is 12.3 Å². The topological polar surface area (TPSA) is 149 Å². The molecule has 0 spiro atoms. The number of carbonyl (C=O) groups is 1. The van der Waals surface area contributed by atoms with Gasteiger partial charge in [0.1, 0.15) is 6.54 Å². The summed E-state index contributed by atoms with van der Waals surface area (Å²) < 4.78 is 66.0. The molecule has 0 fully saturated rings. The van der Waals surface area contributed by atoms with Crippen LogP contribution in [0, 0.1) is 0 Å². The van der Waals surface area contributed by atoms with E-state index in [-0.39, 0.29) is 25.2 Å². The molecule has 176 valence electrons. The Kier molecular flexibility index (Phi) is 8.95. The van der Waals surface area contributed by atoms with Crippen LogP contribution in [-0.4, -0.2) is 59.6 Å². The average molecular weight is 479 g/mol. The molecule has 11 heteroatoms. The second-order valence-corrected chi connectivity index (χ2v) is 10.8. The van der Waals surface area contributed by atoms with Gasteiger partial charge in [0, 0.05) is 31.4 Å². The summed E-state index contributed by atoms with van der Waals surface area (Å²) in [7, 11) is -8.52. The summed E-state index contributed by atoms with van der Waals surface area (Å²) in [5.41, 5.74) is 1.66. The van der Waals surface area contributed by atoms with E-state index < -0.39 is 37.4 Å². The van der Waals surface area contributed by atoms with E-state index in [2.05, 4.69) is 0 Å². The van der Waals surface area contributed by atoms with E-state index in [1.54, 1.807) is 6.07 Å². The second-order valence-electron chi connectivity index (χ2n) is 7.82. The standard InChI is InChI=1S/C19H27NO8S2.CH4/c1-14-19(2,10-6-12-29(23,24)25)16-13-15(30(26,27)28)8-9-17(16)20(14)11-5-3-4-7-18(21)22;/h8-9,13H,3-7,10-12H2,1-2H3,(H2-,21,22,23,24,25,26,27,28);1H4/p+1. The predicted molar refractivity (Wildman–Crippen MR) is 118 cm³/mol. The monoisotopic (exact) mass is 478 g/mol. The van der Waals surface area contributed by atoms with Gasteiger partial charge in [-0.1, -0.05) is 7.43 Å². The smallest absolute Gasteiger partial charge is 0.303 e. The van der Waals surface area contributed by atoms with Gasteiger partial charge in [0.25, 0.3) is 20.2 Å². The van der Waals surface area contributed by atoms with E-state index in [1.807, 2.05) is 18.4 Å². The van der Waals surface area contributed by atoms with Crippen molar-refractivity contribution < 1.29 is 40.4 Å². The van der Waals surface area contributed by atoms with E-state index in [9.17, 15) is 26.2 Å². The zero-order valence-electron chi connectivity index (χ0n) is 17.0. The minimum atomic E-state index is -4.40. The van der Waals surface area contributed by atoms with Crippen molar-refractivity contribution >= 4 is 37.6 Å². The summed E-state index contributed by atoms with van der Waals surface area (Å²) >= 11 is 0. The van der Waals surface area contributed by atoms with Crippen LogP contribution in [0.5, 0.6) is 0 Å². The average Bonchev–Trinajstić information content (AvgIpc) is 2.81. The lowest BCUT2D eigenvalue weighted by Crippen LogP contribution is -2.31. The van der Waals surface area contributed by atoms with Crippen LogP contribution in [0.3, 0.4) is 0 Å². The first-order valence-electron chi connectivity index (χ1n) is 9.66. The van der Waals surface area contributed by atoms with Gasteiger partial charge in [-0.05, 0) is 44.7 Å². The molecule has 1 atom stereocenters. The highest BCUT2D eigenvalue weighted by Gasteiger charge is 2.46. The normalized spacial score (nSPS) is 18.6. The highest BCUT2D eigenvalue weighted by molar-refractivity contribution is 7.86. The molecule has 31 heavy (non-hydrogen) atoms. The molecule has 0 bridgehead atoms. The summed E-state index contributed by atoms with van der Waals surface area (Å²) in [6.45, 7) is 4.36. The van der Waals surface area contributed by atoms with Crippen molar-refractivity contribution in [2.24, 2.45) is 0 Å². The van der Waals surface area contributed by atoms with Crippen molar-refractivity contribution in [3.05, 3.63) is 23.8 Å². The third-order valence-corrected chi connectivity index (χ3v) is 7.36. The molecule has 0 saturated carbocycles. The van der Waals surface area contributed by atoms with Gasteiger partial charge in [0.15, 0.2) is 5.71 Å². The van der Waals surface area contributed by atoms with Gasteiger partial charge in [0.05, 0.1) is 16.1 Å². The fraction of sp³-hybridized carbons (Fsp3) is 0.600. The first-order chi connectivity index (χ1) is 13.8. The number of benzene rings is 1. The van der Waals surface area contributed by atoms with Crippen molar-refractivity contribution in [1.82, 2.24) is 0 Å². The lowest BCUT2D eigenvalue weighted by Gasteiger charge is -2.22. The van der Waals surface area contributed by atoms with Crippen LogP contribution in [0.25, 0.3) is 0 Å². The maximum absolute atomic E-state index is 11.6. The quantitative estimate of drug-likeness (QED) is 0.249. The van der Waals surface area contributed by atoms with Crippen LogP contribution < -0.4 is 0 Å². The second kappa shape index (κ2) is 10.2. The van der Waals surface area contributed by atoms with E-state index in [0.717, 1.165) is 17.8 Å². The zero-order valence-corrected chi connectivity index (χ0v) is 18.7. The number of aliphatic carboxylic acids is 1. The number of hydrogen-bond donors (Lipinski definition) is 3. The number of carboxylic acid groups (broad SMARTS) is 1.